The van der Waals surface area contributed by atoms with Crippen LogP contribution >= 0.6 is 15.9 Å². The highest BCUT2D eigenvalue weighted by atomic mass is 79.9. The normalized spacial score (nSPS) is 12.1. The van der Waals surface area contributed by atoms with Crippen molar-refractivity contribution in [2.24, 2.45) is 0 Å². The van der Waals surface area contributed by atoms with E-state index in [4.69, 9.17) is 4.74 Å². The number of hydrogen-bond acceptors (Lipinski definition) is 4. The van der Waals surface area contributed by atoms with Crippen molar-refractivity contribution in [2.45, 2.75) is 26.5 Å². The van der Waals surface area contributed by atoms with Crippen molar-refractivity contribution in [3.05, 3.63) is 58.5 Å². The Hall–Kier alpha value is -2.41. The Morgan fingerprint density at radius 3 is 2.96 bits per heavy atom. The van der Waals surface area contributed by atoms with Gasteiger partial charge in [0.1, 0.15) is 5.75 Å². The van der Waals surface area contributed by atoms with Crippen LogP contribution in [-0.2, 0) is 11.3 Å². The summed E-state index contributed by atoms with van der Waals surface area (Å²) in [7, 11) is 0. The first-order valence-corrected chi connectivity index (χ1v) is 8.33. The van der Waals surface area contributed by atoms with Gasteiger partial charge in [0.2, 0.25) is 0 Å². The number of aryl methyl sites for hydroxylation is 1. The van der Waals surface area contributed by atoms with Gasteiger partial charge in [-0.2, -0.15) is 0 Å². The fourth-order valence-corrected chi connectivity index (χ4v) is 2.85. The predicted molar refractivity (Wildman–Crippen MR) is 93.8 cm³/mol. The minimum Gasteiger partial charge on any atom is -0.480 e. The summed E-state index contributed by atoms with van der Waals surface area (Å²) >= 11 is 3.44. The molecule has 1 N–H and O–H groups in total. The third kappa shape index (κ3) is 3.56. The third-order valence-electron chi connectivity index (χ3n) is 3.57. The van der Waals surface area contributed by atoms with E-state index in [0.29, 0.717) is 11.6 Å². The van der Waals surface area contributed by atoms with Crippen LogP contribution in [-0.4, -0.2) is 26.6 Å². The van der Waals surface area contributed by atoms with Crippen LogP contribution in [0.15, 0.2) is 47.1 Å². The van der Waals surface area contributed by atoms with Crippen LogP contribution in [0.25, 0.3) is 5.65 Å². The molecule has 0 spiro atoms. The zero-order valence-corrected chi connectivity index (χ0v) is 14.9. The van der Waals surface area contributed by atoms with E-state index >= 15 is 0 Å². The summed E-state index contributed by atoms with van der Waals surface area (Å²) in [6, 6.07) is 11.4. The highest BCUT2D eigenvalue weighted by Gasteiger charge is 2.16. The summed E-state index contributed by atoms with van der Waals surface area (Å²) in [5.74, 6) is 1.09. The second-order valence-corrected chi connectivity index (χ2v) is 6.31. The Balaban J connectivity index is 1.62. The molecule has 3 aromatic rings. The maximum Gasteiger partial charge on any atom is 0.261 e. The highest BCUT2D eigenvalue weighted by molar-refractivity contribution is 9.10. The second-order valence-electron chi connectivity index (χ2n) is 5.46. The van der Waals surface area contributed by atoms with Crippen molar-refractivity contribution in [3.8, 4) is 5.75 Å². The van der Waals surface area contributed by atoms with Crippen LogP contribution < -0.4 is 10.1 Å². The Bertz CT molecular complexity index is 878. The summed E-state index contributed by atoms with van der Waals surface area (Å²) in [5, 5.41) is 11.0. The zero-order chi connectivity index (χ0) is 17.1. The number of carbonyl (C=O) groups excluding carboxylic acids is 1. The molecule has 1 unspecified atom stereocenters. The molecule has 0 saturated heterocycles. The standard InChI is InChI=1S/C17H17BrN4O2/c1-11-6-7-14(13(18)9-11)24-12(2)17(23)19-10-16-21-20-15-5-3-4-8-22(15)16/h3-9,12H,10H2,1-2H3,(H,19,23). The molecule has 7 heteroatoms. The number of aromatic nitrogens is 3. The van der Waals surface area contributed by atoms with E-state index in [1.165, 1.54) is 0 Å². The number of ether oxygens (including phenoxy) is 1. The number of amides is 1. The number of hydrogen-bond donors (Lipinski definition) is 1. The topological polar surface area (TPSA) is 68.5 Å². The zero-order valence-electron chi connectivity index (χ0n) is 13.4. The molecule has 3 rings (SSSR count). The number of pyridine rings is 1. The van der Waals surface area contributed by atoms with E-state index in [2.05, 4.69) is 31.4 Å². The van der Waals surface area contributed by atoms with E-state index in [0.717, 1.165) is 15.7 Å². The van der Waals surface area contributed by atoms with Gasteiger partial charge in [-0.1, -0.05) is 12.1 Å². The van der Waals surface area contributed by atoms with E-state index in [-0.39, 0.29) is 12.5 Å². The average Bonchev–Trinajstić information content (AvgIpc) is 2.98. The monoisotopic (exact) mass is 388 g/mol. The van der Waals surface area contributed by atoms with Crippen molar-refractivity contribution in [3.63, 3.8) is 0 Å². The number of halogens is 1. The lowest BCUT2D eigenvalue weighted by Gasteiger charge is -2.15. The van der Waals surface area contributed by atoms with Gasteiger partial charge >= 0.3 is 0 Å². The Labute approximate surface area is 148 Å². The number of benzene rings is 1. The molecule has 0 fully saturated rings. The largest absolute Gasteiger partial charge is 0.480 e. The first-order chi connectivity index (χ1) is 11.5. The van der Waals surface area contributed by atoms with Crippen LogP contribution in [0.5, 0.6) is 5.75 Å². The molecule has 6 nitrogen and oxygen atoms in total. The van der Waals surface area contributed by atoms with E-state index in [1.807, 2.05) is 53.9 Å². The van der Waals surface area contributed by atoms with Crippen molar-refractivity contribution in [2.75, 3.05) is 0 Å². The molecule has 0 bridgehead atoms. The number of fused-ring (bicyclic) bond motifs is 1. The molecule has 124 valence electrons. The van der Waals surface area contributed by atoms with Gasteiger partial charge in [-0.3, -0.25) is 9.20 Å². The number of carbonyl (C=O) groups is 1. The summed E-state index contributed by atoms with van der Waals surface area (Å²) in [5.41, 5.74) is 1.86. The van der Waals surface area contributed by atoms with Gasteiger partial charge in [-0.15, -0.1) is 10.2 Å². The van der Waals surface area contributed by atoms with Gasteiger partial charge in [-0.05, 0) is 59.6 Å². The smallest absolute Gasteiger partial charge is 0.261 e. The summed E-state index contributed by atoms with van der Waals surface area (Å²) in [4.78, 5) is 12.2. The van der Waals surface area contributed by atoms with Crippen LogP contribution in [0.1, 0.15) is 18.3 Å². The number of rotatable bonds is 5. The molecule has 24 heavy (non-hydrogen) atoms. The van der Waals surface area contributed by atoms with Crippen molar-refractivity contribution in [1.82, 2.24) is 19.9 Å². The highest BCUT2D eigenvalue weighted by Crippen LogP contribution is 2.26. The first-order valence-electron chi connectivity index (χ1n) is 7.54. The van der Waals surface area contributed by atoms with Gasteiger partial charge in [0.25, 0.3) is 5.91 Å². The van der Waals surface area contributed by atoms with Gasteiger partial charge in [-0.25, -0.2) is 0 Å². The summed E-state index contributed by atoms with van der Waals surface area (Å²) in [6.07, 6.45) is 1.24. The molecule has 0 aliphatic heterocycles. The number of nitrogens with zero attached hydrogens (tertiary/aromatic N) is 3. The Kier molecular flexibility index (Phi) is 4.80. The van der Waals surface area contributed by atoms with E-state index in [1.54, 1.807) is 6.92 Å². The van der Waals surface area contributed by atoms with Gasteiger partial charge in [0.05, 0.1) is 11.0 Å². The Morgan fingerprint density at radius 1 is 1.33 bits per heavy atom. The van der Waals surface area contributed by atoms with Crippen molar-refractivity contribution < 1.29 is 9.53 Å². The molecule has 0 saturated carbocycles. The molecule has 0 aliphatic rings. The molecule has 1 amide bonds. The number of nitrogens with one attached hydrogen (secondary N) is 1. The predicted octanol–water partition coefficient (Wildman–Crippen LogP) is 2.88. The van der Waals surface area contributed by atoms with Crippen molar-refractivity contribution in [1.29, 1.82) is 0 Å². The fourth-order valence-electron chi connectivity index (χ4n) is 2.27. The van der Waals surface area contributed by atoms with Crippen LogP contribution in [0.4, 0.5) is 0 Å². The summed E-state index contributed by atoms with van der Waals surface area (Å²) in [6.45, 7) is 3.99. The lowest BCUT2D eigenvalue weighted by molar-refractivity contribution is -0.127. The van der Waals surface area contributed by atoms with Crippen LogP contribution in [0.3, 0.4) is 0 Å². The second kappa shape index (κ2) is 7.00. The molecule has 1 aromatic carbocycles. The lowest BCUT2D eigenvalue weighted by atomic mass is 10.2. The van der Waals surface area contributed by atoms with E-state index < -0.39 is 6.10 Å². The maximum atomic E-state index is 12.2. The molecule has 1 atom stereocenters. The van der Waals surface area contributed by atoms with Crippen molar-refractivity contribution >= 4 is 27.5 Å². The lowest BCUT2D eigenvalue weighted by Crippen LogP contribution is -2.36. The van der Waals surface area contributed by atoms with Crippen LogP contribution in [0, 0.1) is 6.92 Å². The molecule has 0 radical (unpaired) electrons. The molecular weight excluding hydrogens is 372 g/mol. The van der Waals surface area contributed by atoms with Gasteiger partial charge in [0, 0.05) is 6.20 Å². The minimum absolute atomic E-state index is 0.213. The van der Waals surface area contributed by atoms with E-state index in [9.17, 15) is 4.79 Å². The maximum absolute atomic E-state index is 12.2. The molecular formula is C17H17BrN4O2. The molecule has 2 heterocycles. The SMILES string of the molecule is Cc1ccc(OC(C)C(=O)NCc2nnc3ccccn23)c(Br)c1. The minimum atomic E-state index is -0.622. The average molecular weight is 389 g/mol. The molecule has 0 aliphatic carbocycles. The summed E-state index contributed by atoms with van der Waals surface area (Å²) < 4.78 is 8.38. The quantitative estimate of drug-likeness (QED) is 0.729. The fraction of sp³-hybridized carbons (Fsp3) is 0.235. The third-order valence-corrected chi connectivity index (χ3v) is 4.19. The van der Waals surface area contributed by atoms with Gasteiger partial charge < -0.3 is 10.1 Å². The molecule has 2 aromatic heterocycles. The van der Waals surface area contributed by atoms with Crippen LogP contribution in [0.2, 0.25) is 0 Å². The first kappa shape index (κ1) is 16.4. The van der Waals surface area contributed by atoms with Gasteiger partial charge in [0.15, 0.2) is 17.6 Å². The Morgan fingerprint density at radius 2 is 2.17 bits per heavy atom.